The summed E-state index contributed by atoms with van der Waals surface area (Å²) in [6.07, 6.45) is -4.27. The number of carbonyl (C=O) groups is 1. The molecule has 0 spiro atoms. The highest BCUT2D eigenvalue weighted by Gasteiger charge is 2.40. The Labute approximate surface area is 193 Å². The highest BCUT2D eigenvalue weighted by Crippen LogP contribution is 2.30. The minimum atomic E-state index is -5.00. The maximum absolute atomic E-state index is 13.3. The number of rotatable bonds is 6. The average Bonchev–Trinajstić information content (AvgIpc) is 3.20. The Morgan fingerprint density at radius 1 is 1.06 bits per heavy atom. The number of hydrogen-bond acceptors (Lipinski definition) is 3. The van der Waals surface area contributed by atoms with Crippen LogP contribution in [0.5, 0.6) is 5.75 Å². The van der Waals surface area contributed by atoms with Gasteiger partial charge in [0.05, 0.1) is 23.4 Å². The van der Waals surface area contributed by atoms with Crippen LogP contribution in [0.25, 0.3) is 16.6 Å². The van der Waals surface area contributed by atoms with E-state index in [1.165, 1.54) is 19.1 Å². The molecule has 1 aromatic heterocycles. The Morgan fingerprint density at radius 3 is 2.47 bits per heavy atom. The van der Waals surface area contributed by atoms with Crippen LogP contribution in [0.15, 0.2) is 72.9 Å². The van der Waals surface area contributed by atoms with E-state index in [1.807, 2.05) is 18.3 Å². The van der Waals surface area contributed by atoms with Crippen LogP contribution in [-0.4, -0.2) is 27.9 Å². The van der Waals surface area contributed by atoms with E-state index in [1.54, 1.807) is 59.4 Å². The van der Waals surface area contributed by atoms with Crippen molar-refractivity contribution in [2.24, 2.45) is 0 Å². The van der Waals surface area contributed by atoms with Gasteiger partial charge in [-0.15, -0.1) is 0 Å². The number of fused-ring (bicyclic) bond motifs is 1. The lowest BCUT2D eigenvalue weighted by molar-refractivity contribution is -0.174. The molecule has 0 saturated carbocycles. The fraction of sp³-hybridized carbons (Fsp3) is 0.200. The van der Waals surface area contributed by atoms with E-state index < -0.39 is 24.2 Å². The van der Waals surface area contributed by atoms with Crippen LogP contribution in [-0.2, 0) is 4.79 Å². The lowest BCUT2D eigenvalue weighted by Crippen LogP contribution is -2.45. The van der Waals surface area contributed by atoms with Gasteiger partial charge in [0.1, 0.15) is 17.7 Å². The predicted molar refractivity (Wildman–Crippen MR) is 119 cm³/mol. The van der Waals surface area contributed by atoms with Gasteiger partial charge in [0, 0.05) is 5.39 Å². The molecule has 0 saturated heterocycles. The summed E-state index contributed by atoms with van der Waals surface area (Å²) in [5.74, 6) is -1.99. The molecule has 0 aliphatic rings. The van der Waals surface area contributed by atoms with Crippen LogP contribution >= 0.6 is 0 Å². The van der Waals surface area contributed by atoms with Crippen molar-refractivity contribution in [3.63, 3.8) is 0 Å². The minimum Gasteiger partial charge on any atom is -0.484 e. The number of aryl methyl sites for hydroxylation is 1. The molecule has 1 heterocycles. The Bertz CT molecular complexity index is 1320. The summed E-state index contributed by atoms with van der Waals surface area (Å²) >= 11 is 0. The molecule has 1 N–H and O–H groups in total. The summed E-state index contributed by atoms with van der Waals surface area (Å²) in [6, 6.07) is 17.2. The number of benzene rings is 3. The number of alkyl halides is 3. The molecule has 5 nitrogen and oxygen atoms in total. The third-order valence-corrected chi connectivity index (χ3v) is 5.31. The largest absolute Gasteiger partial charge is 0.484 e. The van der Waals surface area contributed by atoms with Gasteiger partial charge in [0.2, 0.25) is 0 Å². The van der Waals surface area contributed by atoms with Crippen molar-refractivity contribution < 1.29 is 27.1 Å². The molecule has 3 aromatic carbocycles. The molecular weight excluding hydrogens is 450 g/mol. The number of aromatic nitrogens is 2. The zero-order valence-electron chi connectivity index (χ0n) is 18.3. The molecule has 1 amide bonds. The molecule has 2 atom stereocenters. The van der Waals surface area contributed by atoms with Gasteiger partial charge in [-0.1, -0.05) is 29.8 Å². The number of nitrogens with one attached hydrogen (secondary N) is 1. The van der Waals surface area contributed by atoms with E-state index >= 15 is 0 Å². The number of carbonyl (C=O) groups excluding carboxylic acids is 1. The summed E-state index contributed by atoms with van der Waals surface area (Å²) in [5, 5.41) is 7.05. The molecule has 0 bridgehead atoms. The van der Waals surface area contributed by atoms with E-state index in [4.69, 9.17) is 4.74 Å². The van der Waals surface area contributed by atoms with Crippen molar-refractivity contribution in [1.82, 2.24) is 15.1 Å². The molecule has 176 valence electrons. The standard InChI is InChI=1S/C25H21F4N3O2/c1-15-4-3-5-17(12-15)23(16(2)31-24(33)25(27,28)29)34-21-10-11-22-18(13-21)14-30-32(22)20-8-6-19(26)7-9-20/h3-14,16,23H,1-2H3,(H,31,33)/t16-,23+/m0/s1. The van der Waals surface area contributed by atoms with Gasteiger partial charge in [0.25, 0.3) is 0 Å². The van der Waals surface area contributed by atoms with Crippen LogP contribution in [0.4, 0.5) is 17.6 Å². The van der Waals surface area contributed by atoms with Crippen LogP contribution in [0, 0.1) is 12.7 Å². The highest BCUT2D eigenvalue weighted by molar-refractivity contribution is 5.82. The van der Waals surface area contributed by atoms with E-state index in [9.17, 15) is 22.4 Å². The SMILES string of the molecule is Cc1cccc([C@H](Oc2ccc3c(cnn3-c3ccc(F)cc3)c2)[C@H](C)NC(=O)C(F)(F)F)c1. The second-order valence-corrected chi connectivity index (χ2v) is 7.97. The number of nitrogens with zero attached hydrogens (tertiary/aromatic N) is 2. The van der Waals surface area contributed by atoms with Crippen molar-refractivity contribution in [2.75, 3.05) is 0 Å². The fourth-order valence-electron chi connectivity index (χ4n) is 3.69. The predicted octanol–water partition coefficient (Wildman–Crippen LogP) is 5.66. The summed E-state index contributed by atoms with van der Waals surface area (Å²) in [6.45, 7) is 3.32. The number of ether oxygens (including phenoxy) is 1. The van der Waals surface area contributed by atoms with E-state index in [2.05, 4.69) is 5.10 Å². The average molecular weight is 471 g/mol. The summed E-state index contributed by atoms with van der Waals surface area (Å²) in [5.41, 5.74) is 2.93. The minimum absolute atomic E-state index is 0.357. The Hall–Kier alpha value is -3.88. The monoisotopic (exact) mass is 471 g/mol. The molecule has 0 radical (unpaired) electrons. The van der Waals surface area contributed by atoms with Gasteiger partial charge in [0.15, 0.2) is 0 Å². The first kappa shape index (κ1) is 23.3. The second kappa shape index (κ2) is 9.17. The smallest absolute Gasteiger partial charge is 0.471 e. The summed E-state index contributed by atoms with van der Waals surface area (Å²) in [4.78, 5) is 11.5. The van der Waals surface area contributed by atoms with Gasteiger partial charge >= 0.3 is 12.1 Å². The molecule has 34 heavy (non-hydrogen) atoms. The molecule has 0 unspecified atom stereocenters. The molecule has 0 aliphatic heterocycles. The third kappa shape index (κ3) is 5.03. The zero-order chi connectivity index (χ0) is 24.5. The number of amides is 1. The van der Waals surface area contributed by atoms with E-state index in [0.29, 0.717) is 17.0 Å². The van der Waals surface area contributed by atoms with Crippen LogP contribution in [0.3, 0.4) is 0 Å². The van der Waals surface area contributed by atoms with Crippen molar-refractivity contribution in [2.45, 2.75) is 32.2 Å². The number of hydrogen-bond donors (Lipinski definition) is 1. The maximum Gasteiger partial charge on any atom is 0.471 e. The summed E-state index contributed by atoms with van der Waals surface area (Å²) in [7, 11) is 0. The van der Waals surface area contributed by atoms with Crippen molar-refractivity contribution in [1.29, 1.82) is 0 Å². The topological polar surface area (TPSA) is 56.1 Å². The molecule has 0 aliphatic carbocycles. The number of halogens is 4. The zero-order valence-corrected chi connectivity index (χ0v) is 18.3. The lowest BCUT2D eigenvalue weighted by Gasteiger charge is -2.27. The van der Waals surface area contributed by atoms with Crippen molar-refractivity contribution in [3.05, 3.63) is 89.9 Å². The van der Waals surface area contributed by atoms with Gasteiger partial charge < -0.3 is 10.1 Å². The molecule has 4 aromatic rings. The van der Waals surface area contributed by atoms with Crippen molar-refractivity contribution in [3.8, 4) is 11.4 Å². The maximum atomic E-state index is 13.3. The van der Waals surface area contributed by atoms with Gasteiger partial charge in [-0.3, -0.25) is 4.79 Å². The normalized spacial score (nSPS) is 13.5. The Morgan fingerprint density at radius 2 is 1.79 bits per heavy atom. The molecule has 9 heteroatoms. The summed E-state index contributed by atoms with van der Waals surface area (Å²) < 4.78 is 59.5. The van der Waals surface area contributed by atoms with Gasteiger partial charge in [-0.05, 0) is 61.9 Å². The molecular formula is C25H21F4N3O2. The van der Waals surface area contributed by atoms with Crippen molar-refractivity contribution >= 4 is 16.8 Å². The first-order valence-corrected chi connectivity index (χ1v) is 10.5. The first-order chi connectivity index (χ1) is 16.1. The van der Waals surface area contributed by atoms with Crippen LogP contribution < -0.4 is 10.1 Å². The van der Waals surface area contributed by atoms with Crippen LogP contribution in [0.2, 0.25) is 0 Å². The van der Waals surface area contributed by atoms with E-state index in [-0.39, 0.29) is 5.82 Å². The Kier molecular flexibility index (Phi) is 6.28. The highest BCUT2D eigenvalue weighted by atomic mass is 19.4. The van der Waals surface area contributed by atoms with E-state index in [0.717, 1.165) is 16.5 Å². The second-order valence-electron chi connectivity index (χ2n) is 7.97. The first-order valence-electron chi connectivity index (χ1n) is 10.5. The quantitative estimate of drug-likeness (QED) is 0.369. The van der Waals surface area contributed by atoms with Gasteiger partial charge in [-0.25, -0.2) is 9.07 Å². The van der Waals surface area contributed by atoms with Gasteiger partial charge in [-0.2, -0.15) is 18.3 Å². The fourth-order valence-corrected chi connectivity index (χ4v) is 3.69. The lowest BCUT2D eigenvalue weighted by atomic mass is 10.0. The van der Waals surface area contributed by atoms with Crippen LogP contribution in [0.1, 0.15) is 24.2 Å². The molecule has 0 fully saturated rings. The third-order valence-electron chi connectivity index (χ3n) is 5.31. The molecule has 4 rings (SSSR count). The Balaban J connectivity index is 1.64.